The highest BCUT2D eigenvalue weighted by Crippen LogP contribution is 2.19. The first-order valence-electron chi connectivity index (χ1n) is 6.98. The summed E-state index contributed by atoms with van der Waals surface area (Å²) in [5, 5.41) is 12.3. The number of aliphatic hydroxyl groups is 1. The van der Waals surface area contributed by atoms with Crippen LogP contribution in [0.25, 0.3) is 5.57 Å². The van der Waals surface area contributed by atoms with Gasteiger partial charge in [0, 0.05) is 17.7 Å². The summed E-state index contributed by atoms with van der Waals surface area (Å²) in [4.78, 5) is 11.9. The first kappa shape index (κ1) is 14.7. The average Bonchev–Trinajstić information content (AvgIpc) is 2.41. The number of amides is 1. The van der Waals surface area contributed by atoms with E-state index in [1.807, 2.05) is 0 Å². The minimum atomic E-state index is -0.324. The third-order valence-electron chi connectivity index (χ3n) is 3.69. The fourth-order valence-corrected chi connectivity index (χ4v) is 2.52. The van der Waals surface area contributed by atoms with E-state index >= 15 is 0 Å². The standard InChI is InChI=1S/C16H20FNO2/c1-11(14-4-2-3-5-15(14)17)10-16(20)18-12-6-8-13(19)9-7-12/h2-5,10,12-13,19H,6-9H2,1H3,(H,18,20). The molecule has 1 aliphatic rings. The minimum absolute atomic E-state index is 0.107. The number of benzene rings is 1. The van der Waals surface area contributed by atoms with Gasteiger partial charge in [-0.2, -0.15) is 0 Å². The zero-order valence-corrected chi connectivity index (χ0v) is 11.6. The lowest BCUT2D eigenvalue weighted by molar-refractivity contribution is -0.117. The number of nitrogens with one attached hydrogen (secondary N) is 1. The fourth-order valence-electron chi connectivity index (χ4n) is 2.52. The summed E-state index contributed by atoms with van der Waals surface area (Å²) in [5.74, 6) is -0.526. The monoisotopic (exact) mass is 277 g/mol. The van der Waals surface area contributed by atoms with E-state index in [1.54, 1.807) is 25.1 Å². The molecule has 108 valence electrons. The van der Waals surface area contributed by atoms with Crippen molar-refractivity contribution in [2.75, 3.05) is 0 Å². The lowest BCUT2D eigenvalue weighted by atomic mass is 9.93. The summed E-state index contributed by atoms with van der Waals surface area (Å²) < 4.78 is 13.6. The van der Waals surface area contributed by atoms with Gasteiger partial charge in [-0.05, 0) is 44.2 Å². The number of aliphatic hydroxyl groups excluding tert-OH is 1. The van der Waals surface area contributed by atoms with Gasteiger partial charge in [0.05, 0.1) is 6.10 Å². The molecule has 1 aliphatic carbocycles. The molecule has 0 radical (unpaired) electrons. The number of allylic oxidation sites excluding steroid dienone is 1. The van der Waals surface area contributed by atoms with Gasteiger partial charge >= 0.3 is 0 Å². The van der Waals surface area contributed by atoms with Crippen molar-refractivity contribution in [3.05, 3.63) is 41.7 Å². The van der Waals surface area contributed by atoms with Crippen LogP contribution in [-0.2, 0) is 4.79 Å². The number of hydrogen-bond acceptors (Lipinski definition) is 2. The van der Waals surface area contributed by atoms with E-state index in [0.29, 0.717) is 11.1 Å². The smallest absolute Gasteiger partial charge is 0.244 e. The molecular weight excluding hydrogens is 257 g/mol. The Balaban J connectivity index is 1.96. The fraction of sp³-hybridized carbons (Fsp3) is 0.438. The highest BCUT2D eigenvalue weighted by Gasteiger charge is 2.20. The van der Waals surface area contributed by atoms with Crippen LogP contribution in [0.2, 0.25) is 0 Å². The molecule has 0 unspecified atom stereocenters. The van der Waals surface area contributed by atoms with Crippen LogP contribution in [0.3, 0.4) is 0 Å². The lowest BCUT2D eigenvalue weighted by Crippen LogP contribution is -2.37. The molecule has 3 nitrogen and oxygen atoms in total. The molecule has 0 spiro atoms. The molecule has 1 amide bonds. The van der Waals surface area contributed by atoms with Gasteiger partial charge in [0.2, 0.25) is 5.91 Å². The first-order valence-corrected chi connectivity index (χ1v) is 6.98. The molecule has 20 heavy (non-hydrogen) atoms. The SMILES string of the molecule is CC(=CC(=O)NC1CCC(O)CC1)c1ccccc1F. The average molecular weight is 277 g/mol. The van der Waals surface area contributed by atoms with Crippen molar-refractivity contribution in [3.8, 4) is 0 Å². The van der Waals surface area contributed by atoms with Gasteiger partial charge in [0.25, 0.3) is 0 Å². The van der Waals surface area contributed by atoms with Crippen molar-refractivity contribution in [2.24, 2.45) is 0 Å². The maximum absolute atomic E-state index is 13.6. The Labute approximate surface area is 118 Å². The number of rotatable bonds is 3. The van der Waals surface area contributed by atoms with Gasteiger partial charge in [-0.25, -0.2) is 4.39 Å². The molecule has 1 fully saturated rings. The number of hydrogen-bond donors (Lipinski definition) is 2. The van der Waals surface area contributed by atoms with E-state index < -0.39 is 0 Å². The van der Waals surface area contributed by atoms with Crippen LogP contribution in [0.15, 0.2) is 30.3 Å². The van der Waals surface area contributed by atoms with Crippen LogP contribution < -0.4 is 5.32 Å². The molecule has 0 aliphatic heterocycles. The Bertz CT molecular complexity index is 505. The molecule has 1 aromatic rings. The molecule has 0 bridgehead atoms. The van der Waals surface area contributed by atoms with Gasteiger partial charge in [0.1, 0.15) is 5.82 Å². The van der Waals surface area contributed by atoms with Gasteiger partial charge in [-0.15, -0.1) is 0 Å². The second-order valence-corrected chi connectivity index (χ2v) is 5.32. The Morgan fingerprint density at radius 2 is 1.95 bits per heavy atom. The topological polar surface area (TPSA) is 49.3 Å². The van der Waals surface area contributed by atoms with Crippen LogP contribution in [0.5, 0.6) is 0 Å². The van der Waals surface area contributed by atoms with E-state index in [1.165, 1.54) is 12.1 Å². The molecule has 4 heteroatoms. The largest absolute Gasteiger partial charge is 0.393 e. The summed E-state index contributed by atoms with van der Waals surface area (Å²) in [6, 6.07) is 6.52. The Hall–Kier alpha value is -1.68. The predicted molar refractivity (Wildman–Crippen MR) is 76.5 cm³/mol. The summed E-state index contributed by atoms with van der Waals surface area (Å²) in [6.45, 7) is 1.72. The Morgan fingerprint density at radius 1 is 1.30 bits per heavy atom. The third-order valence-corrected chi connectivity index (χ3v) is 3.69. The van der Waals surface area contributed by atoms with E-state index in [4.69, 9.17) is 0 Å². The van der Waals surface area contributed by atoms with Gasteiger partial charge in [-0.3, -0.25) is 4.79 Å². The maximum Gasteiger partial charge on any atom is 0.244 e. The predicted octanol–water partition coefficient (Wildman–Crippen LogP) is 2.65. The van der Waals surface area contributed by atoms with Crippen LogP contribution in [-0.4, -0.2) is 23.2 Å². The number of carbonyl (C=O) groups is 1. The normalized spacial score (nSPS) is 23.4. The van der Waals surface area contributed by atoms with Gasteiger partial charge < -0.3 is 10.4 Å². The van der Waals surface area contributed by atoms with Crippen LogP contribution in [0.4, 0.5) is 4.39 Å². The minimum Gasteiger partial charge on any atom is -0.393 e. The zero-order valence-electron chi connectivity index (χ0n) is 11.6. The first-order chi connectivity index (χ1) is 9.56. The van der Waals surface area contributed by atoms with Crippen molar-refractivity contribution >= 4 is 11.5 Å². The van der Waals surface area contributed by atoms with Crippen molar-refractivity contribution in [1.29, 1.82) is 0 Å². The van der Waals surface area contributed by atoms with E-state index in [2.05, 4.69) is 5.32 Å². The number of halogens is 1. The van der Waals surface area contributed by atoms with Crippen molar-refractivity contribution in [1.82, 2.24) is 5.32 Å². The second kappa shape index (κ2) is 6.66. The van der Waals surface area contributed by atoms with Crippen molar-refractivity contribution in [2.45, 2.75) is 44.8 Å². The molecule has 0 saturated heterocycles. The molecular formula is C16H20FNO2. The second-order valence-electron chi connectivity index (χ2n) is 5.32. The molecule has 0 atom stereocenters. The van der Waals surface area contributed by atoms with E-state index in [9.17, 15) is 14.3 Å². The Kier molecular flexibility index (Phi) is 4.90. The summed E-state index contributed by atoms with van der Waals surface area (Å²) in [7, 11) is 0. The summed E-state index contributed by atoms with van der Waals surface area (Å²) in [5.41, 5.74) is 1.05. The van der Waals surface area contributed by atoms with Crippen LogP contribution in [0.1, 0.15) is 38.2 Å². The Morgan fingerprint density at radius 3 is 2.60 bits per heavy atom. The molecule has 1 saturated carbocycles. The highest BCUT2D eigenvalue weighted by molar-refractivity contribution is 5.95. The van der Waals surface area contributed by atoms with E-state index in [-0.39, 0.29) is 23.9 Å². The number of carbonyl (C=O) groups excluding carboxylic acids is 1. The molecule has 2 rings (SSSR count). The third kappa shape index (κ3) is 3.90. The molecule has 0 aromatic heterocycles. The summed E-state index contributed by atoms with van der Waals surface area (Å²) in [6.07, 6.45) is 4.23. The van der Waals surface area contributed by atoms with Crippen LogP contribution >= 0.6 is 0 Å². The van der Waals surface area contributed by atoms with Gasteiger partial charge in [0.15, 0.2) is 0 Å². The highest BCUT2D eigenvalue weighted by atomic mass is 19.1. The van der Waals surface area contributed by atoms with Crippen molar-refractivity contribution in [3.63, 3.8) is 0 Å². The molecule has 1 aromatic carbocycles. The molecule has 0 heterocycles. The van der Waals surface area contributed by atoms with Crippen molar-refractivity contribution < 1.29 is 14.3 Å². The lowest BCUT2D eigenvalue weighted by Gasteiger charge is -2.25. The maximum atomic E-state index is 13.6. The molecule has 2 N–H and O–H groups in total. The zero-order chi connectivity index (χ0) is 14.5. The van der Waals surface area contributed by atoms with E-state index in [0.717, 1.165) is 25.7 Å². The quantitative estimate of drug-likeness (QED) is 0.834. The summed E-state index contributed by atoms with van der Waals surface area (Å²) >= 11 is 0. The van der Waals surface area contributed by atoms with Crippen LogP contribution in [0, 0.1) is 5.82 Å². The van der Waals surface area contributed by atoms with Gasteiger partial charge in [-0.1, -0.05) is 18.2 Å².